The number of nitrogens with zero attached hydrogens (tertiary/aromatic N) is 3. The zero-order valence-electron chi connectivity index (χ0n) is 13.9. The highest BCUT2D eigenvalue weighted by molar-refractivity contribution is 9.10. The molecule has 27 heavy (non-hydrogen) atoms. The molecule has 134 valence electrons. The van der Waals surface area contributed by atoms with E-state index in [4.69, 9.17) is 4.74 Å². The molecule has 3 rings (SSSR count). The van der Waals surface area contributed by atoms with Gasteiger partial charge in [-0.3, -0.25) is 9.78 Å². The molecule has 1 N–H and O–H groups in total. The molecule has 0 fully saturated rings. The Hall–Kier alpha value is -3.39. The van der Waals surface area contributed by atoms with Gasteiger partial charge in [-0.2, -0.15) is 5.10 Å². The third-order valence-corrected chi connectivity index (χ3v) is 3.82. The molecule has 0 aliphatic carbocycles. The first kappa shape index (κ1) is 18.4. The van der Waals surface area contributed by atoms with Gasteiger partial charge >= 0.3 is 5.97 Å². The lowest BCUT2D eigenvalue weighted by molar-refractivity contribution is 0.0734. The van der Waals surface area contributed by atoms with Crippen LogP contribution in [0.25, 0.3) is 0 Å². The van der Waals surface area contributed by atoms with E-state index in [1.54, 1.807) is 42.5 Å². The summed E-state index contributed by atoms with van der Waals surface area (Å²) in [6.45, 7) is 0. The molecule has 2 aromatic carbocycles. The fourth-order valence-electron chi connectivity index (χ4n) is 2.04. The Labute approximate surface area is 163 Å². The van der Waals surface area contributed by atoms with Crippen molar-refractivity contribution in [2.45, 2.75) is 0 Å². The van der Waals surface area contributed by atoms with E-state index in [1.165, 1.54) is 24.8 Å². The summed E-state index contributed by atoms with van der Waals surface area (Å²) < 4.78 is 6.12. The summed E-state index contributed by atoms with van der Waals surface area (Å²) >= 11 is 3.31. The molecule has 0 aliphatic rings. The number of benzene rings is 2. The highest BCUT2D eigenvalue weighted by Crippen LogP contribution is 2.16. The highest BCUT2D eigenvalue weighted by atomic mass is 79.9. The molecule has 1 aromatic heterocycles. The first-order chi connectivity index (χ1) is 13.1. The second-order valence-electron chi connectivity index (χ2n) is 5.26. The van der Waals surface area contributed by atoms with Gasteiger partial charge in [0.05, 0.1) is 18.0 Å². The molecule has 7 nitrogen and oxygen atoms in total. The van der Waals surface area contributed by atoms with Gasteiger partial charge in [-0.25, -0.2) is 15.2 Å². The monoisotopic (exact) mass is 424 g/mol. The zero-order chi connectivity index (χ0) is 19.1. The lowest BCUT2D eigenvalue weighted by Crippen LogP contribution is -2.19. The number of nitrogens with one attached hydrogen (secondary N) is 1. The van der Waals surface area contributed by atoms with Gasteiger partial charge in [0, 0.05) is 16.9 Å². The Morgan fingerprint density at radius 2 is 1.93 bits per heavy atom. The summed E-state index contributed by atoms with van der Waals surface area (Å²) in [4.78, 5) is 31.6. The Bertz CT molecular complexity index is 976. The van der Waals surface area contributed by atoms with E-state index in [9.17, 15) is 9.59 Å². The van der Waals surface area contributed by atoms with Crippen LogP contribution in [0.3, 0.4) is 0 Å². The first-order valence-electron chi connectivity index (χ1n) is 7.79. The van der Waals surface area contributed by atoms with E-state index in [0.29, 0.717) is 11.3 Å². The lowest BCUT2D eigenvalue weighted by atomic mass is 10.2. The minimum atomic E-state index is -0.459. The number of hydrazone groups is 1. The molecule has 0 saturated heterocycles. The molecule has 0 bridgehead atoms. The maximum atomic E-state index is 12.1. The quantitative estimate of drug-likeness (QED) is 0.293. The summed E-state index contributed by atoms with van der Waals surface area (Å²) in [5, 5.41) is 3.86. The van der Waals surface area contributed by atoms with Gasteiger partial charge in [0.25, 0.3) is 5.91 Å². The maximum absolute atomic E-state index is 12.1. The molecule has 1 amide bonds. The Balaban J connectivity index is 1.57. The first-order valence-corrected chi connectivity index (χ1v) is 8.58. The second kappa shape index (κ2) is 8.81. The van der Waals surface area contributed by atoms with Crippen molar-refractivity contribution in [1.29, 1.82) is 0 Å². The van der Waals surface area contributed by atoms with Crippen LogP contribution >= 0.6 is 15.9 Å². The van der Waals surface area contributed by atoms with E-state index >= 15 is 0 Å². The number of aromatic nitrogens is 2. The van der Waals surface area contributed by atoms with E-state index in [-0.39, 0.29) is 5.69 Å². The van der Waals surface area contributed by atoms with Crippen molar-refractivity contribution < 1.29 is 14.3 Å². The predicted octanol–water partition coefficient (Wildman–Crippen LogP) is 3.22. The zero-order valence-corrected chi connectivity index (χ0v) is 15.5. The standard InChI is InChI=1S/C19H13BrN4O3/c20-15-3-1-2-14(10-15)19(26)27-16-6-4-13(5-7-16)11-23-24-18(25)17-12-21-8-9-22-17/h1-12H,(H,24,25)/b23-11+. The number of hydrogen-bond acceptors (Lipinski definition) is 6. The summed E-state index contributed by atoms with van der Waals surface area (Å²) in [5.74, 6) is -0.506. The van der Waals surface area contributed by atoms with Crippen LogP contribution in [0.15, 0.2) is 76.7 Å². The number of esters is 1. The molecule has 8 heteroatoms. The SMILES string of the molecule is O=C(Oc1ccc(/C=N/NC(=O)c2cnccn2)cc1)c1cccc(Br)c1. The van der Waals surface area contributed by atoms with Crippen LogP contribution in [0.1, 0.15) is 26.4 Å². The van der Waals surface area contributed by atoms with Crippen LogP contribution in [0.2, 0.25) is 0 Å². The van der Waals surface area contributed by atoms with Gasteiger partial charge in [0.2, 0.25) is 0 Å². The largest absolute Gasteiger partial charge is 0.423 e. The maximum Gasteiger partial charge on any atom is 0.343 e. The third kappa shape index (κ3) is 5.29. The van der Waals surface area contributed by atoms with Crippen LogP contribution in [-0.4, -0.2) is 28.1 Å². The fourth-order valence-corrected chi connectivity index (χ4v) is 2.44. The van der Waals surface area contributed by atoms with Crippen LogP contribution in [0, 0.1) is 0 Å². The minimum Gasteiger partial charge on any atom is -0.423 e. The van der Waals surface area contributed by atoms with Gasteiger partial charge in [-0.05, 0) is 48.0 Å². The average molecular weight is 425 g/mol. The molecule has 0 atom stereocenters. The summed E-state index contributed by atoms with van der Waals surface area (Å²) in [6.07, 6.45) is 5.71. The van der Waals surface area contributed by atoms with Crippen molar-refractivity contribution >= 4 is 34.0 Å². The molecule has 3 aromatic rings. The van der Waals surface area contributed by atoms with E-state index in [0.717, 1.165) is 10.0 Å². The topological polar surface area (TPSA) is 93.5 Å². The Kier molecular flexibility index (Phi) is 6.01. The third-order valence-electron chi connectivity index (χ3n) is 3.33. The highest BCUT2D eigenvalue weighted by Gasteiger charge is 2.09. The molecular formula is C19H13BrN4O3. The predicted molar refractivity (Wildman–Crippen MR) is 103 cm³/mol. The number of hydrogen-bond donors (Lipinski definition) is 1. The number of carbonyl (C=O) groups is 2. The van der Waals surface area contributed by atoms with E-state index in [2.05, 4.69) is 36.4 Å². The number of halogens is 1. The van der Waals surface area contributed by atoms with Crippen LogP contribution in [0.4, 0.5) is 0 Å². The van der Waals surface area contributed by atoms with Crippen molar-refractivity contribution in [1.82, 2.24) is 15.4 Å². The Morgan fingerprint density at radius 1 is 1.11 bits per heavy atom. The van der Waals surface area contributed by atoms with E-state index in [1.807, 2.05) is 6.07 Å². The van der Waals surface area contributed by atoms with Crippen molar-refractivity contribution in [2.75, 3.05) is 0 Å². The number of rotatable bonds is 5. The Morgan fingerprint density at radius 3 is 2.63 bits per heavy atom. The summed E-state index contributed by atoms with van der Waals surface area (Å²) in [5.41, 5.74) is 3.70. The van der Waals surface area contributed by atoms with Crippen LogP contribution in [0.5, 0.6) is 5.75 Å². The molecule has 0 radical (unpaired) electrons. The van der Waals surface area contributed by atoms with Gasteiger partial charge in [0.15, 0.2) is 0 Å². The molecule has 0 aliphatic heterocycles. The van der Waals surface area contributed by atoms with Gasteiger partial charge in [0.1, 0.15) is 11.4 Å². The van der Waals surface area contributed by atoms with Crippen molar-refractivity contribution in [3.8, 4) is 5.75 Å². The number of ether oxygens (including phenoxy) is 1. The lowest BCUT2D eigenvalue weighted by Gasteiger charge is -2.05. The normalized spacial score (nSPS) is 10.6. The summed E-state index contributed by atoms with van der Waals surface area (Å²) in [7, 11) is 0. The molecule has 1 heterocycles. The van der Waals surface area contributed by atoms with Crippen molar-refractivity contribution in [2.24, 2.45) is 5.10 Å². The van der Waals surface area contributed by atoms with Crippen LogP contribution in [-0.2, 0) is 0 Å². The minimum absolute atomic E-state index is 0.171. The molecular weight excluding hydrogens is 412 g/mol. The number of carbonyl (C=O) groups excluding carboxylic acids is 2. The molecule has 0 unspecified atom stereocenters. The van der Waals surface area contributed by atoms with Gasteiger partial charge in [-0.15, -0.1) is 0 Å². The molecule has 0 spiro atoms. The summed E-state index contributed by atoms with van der Waals surface area (Å²) in [6, 6.07) is 13.6. The van der Waals surface area contributed by atoms with E-state index < -0.39 is 11.9 Å². The molecule has 0 saturated carbocycles. The van der Waals surface area contributed by atoms with Crippen molar-refractivity contribution in [3.63, 3.8) is 0 Å². The fraction of sp³-hybridized carbons (Fsp3) is 0. The van der Waals surface area contributed by atoms with Crippen LogP contribution < -0.4 is 10.2 Å². The van der Waals surface area contributed by atoms with Gasteiger partial charge in [-0.1, -0.05) is 22.0 Å². The second-order valence-corrected chi connectivity index (χ2v) is 6.17. The average Bonchev–Trinajstić information content (AvgIpc) is 2.70. The van der Waals surface area contributed by atoms with Gasteiger partial charge < -0.3 is 4.74 Å². The number of amides is 1. The van der Waals surface area contributed by atoms with Crippen molar-refractivity contribution in [3.05, 3.63) is 88.4 Å². The smallest absolute Gasteiger partial charge is 0.343 e.